The Hall–Kier alpha value is -0.0500. The van der Waals surface area contributed by atoms with Gasteiger partial charge in [-0.3, -0.25) is 4.79 Å². The normalized spacial score (nSPS) is 52.1. The average Bonchev–Trinajstić information content (AvgIpc) is 3.48. The fourth-order valence-corrected chi connectivity index (χ4v) is 11.5. The van der Waals surface area contributed by atoms with Crippen LogP contribution in [0.3, 0.4) is 0 Å². The second kappa shape index (κ2) is 8.25. The quantitative estimate of drug-likeness (QED) is 0.169. The molecule has 4 bridgehead atoms. The van der Waals surface area contributed by atoms with Crippen LogP contribution < -0.4 is 0 Å². The minimum atomic E-state index is -1.62. The Kier molecular flexibility index (Phi) is 6.05. The second-order valence-electron chi connectivity index (χ2n) is 12.4. The van der Waals surface area contributed by atoms with Crippen molar-refractivity contribution in [1.29, 1.82) is 0 Å². The zero-order chi connectivity index (χ0) is 26.9. The van der Waals surface area contributed by atoms with Crippen LogP contribution in [0.1, 0.15) is 47.0 Å². The summed E-state index contributed by atoms with van der Waals surface area (Å²) < 4.78 is 30.9. The Bertz CT molecular complexity index is 1090. The van der Waals surface area contributed by atoms with Crippen LogP contribution in [0.25, 0.3) is 0 Å². The molecular formula is C27H34Cl4O6. The summed E-state index contributed by atoms with van der Waals surface area (Å²) in [5, 5.41) is 0.276. The average molecular weight is 596 g/mol. The van der Waals surface area contributed by atoms with E-state index in [1.807, 2.05) is 6.08 Å². The lowest BCUT2D eigenvalue weighted by Gasteiger charge is -2.45. The molecule has 0 N–H and O–H groups in total. The maximum atomic E-state index is 12.0. The molecule has 0 radical (unpaired) electrons. The highest BCUT2D eigenvalue weighted by Gasteiger charge is 2.87. The third-order valence-corrected chi connectivity index (χ3v) is 13.8. The van der Waals surface area contributed by atoms with Gasteiger partial charge in [-0.25, -0.2) is 0 Å². The molecule has 37 heavy (non-hydrogen) atoms. The molecule has 6 rings (SSSR count). The van der Waals surface area contributed by atoms with Gasteiger partial charge in [0.15, 0.2) is 6.29 Å². The van der Waals surface area contributed by atoms with E-state index in [2.05, 4.69) is 20.8 Å². The zero-order valence-electron chi connectivity index (χ0n) is 21.9. The van der Waals surface area contributed by atoms with Crippen molar-refractivity contribution in [2.75, 3.05) is 14.2 Å². The largest absolute Gasteiger partial charge is 0.458 e. The summed E-state index contributed by atoms with van der Waals surface area (Å²) in [6.07, 6.45) is 5.32. The summed E-state index contributed by atoms with van der Waals surface area (Å²) in [5.74, 6) is -2.22. The Morgan fingerprint density at radius 3 is 2.11 bits per heavy atom. The van der Waals surface area contributed by atoms with Crippen LogP contribution in [0.4, 0.5) is 0 Å². The molecule has 1 heterocycles. The van der Waals surface area contributed by atoms with Crippen molar-refractivity contribution in [1.82, 2.24) is 0 Å². The van der Waals surface area contributed by atoms with Gasteiger partial charge in [0.05, 0.1) is 22.3 Å². The summed E-state index contributed by atoms with van der Waals surface area (Å²) in [6, 6.07) is 0. The monoisotopic (exact) mass is 594 g/mol. The number of halogens is 4. The van der Waals surface area contributed by atoms with Gasteiger partial charge in [0.2, 0.25) is 5.79 Å². The first kappa shape index (κ1) is 27.1. The smallest absolute Gasteiger partial charge is 0.303 e. The number of esters is 1. The summed E-state index contributed by atoms with van der Waals surface area (Å²) in [4.78, 5) is 9.04. The van der Waals surface area contributed by atoms with Gasteiger partial charge >= 0.3 is 5.97 Å². The van der Waals surface area contributed by atoms with Gasteiger partial charge in [0.1, 0.15) is 15.9 Å². The summed E-state index contributed by atoms with van der Waals surface area (Å²) in [5.41, 5.74) is 0.356. The van der Waals surface area contributed by atoms with Gasteiger partial charge < -0.3 is 23.7 Å². The number of hydrogen-bond acceptors (Lipinski definition) is 6. The SMILES string of the molecule is COC1(OC)[C@@]2(Cl)C(Cl)=C(Cl)[C@]1(Cl)[C@H]1[C@@H]2[C@@H](O[C@@H]2C[C@H]3[C@H]4CC[C@@](C)([C@H]3O2)C4(C)C)C=C[C@H]1OC(C)=O. The third kappa shape index (κ3) is 2.88. The van der Waals surface area contributed by atoms with Gasteiger partial charge in [0, 0.05) is 39.4 Å². The molecule has 10 heteroatoms. The molecule has 0 unspecified atom stereocenters. The van der Waals surface area contributed by atoms with E-state index in [1.165, 1.54) is 34.0 Å². The van der Waals surface area contributed by atoms with Crippen LogP contribution in [0.15, 0.2) is 22.2 Å². The van der Waals surface area contributed by atoms with Crippen LogP contribution >= 0.6 is 46.4 Å². The molecule has 1 saturated heterocycles. The summed E-state index contributed by atoms with van der Waals surface area (Å²) in [6.45, 7) is 8.47. The molecule has 0 spiro atoms. The summed E-state index contributed by atoms with van der Waals surface area (Å²) in [7, 11) is 2.91. The first-order valence-electron chi connectivity index (χ1n) is 13.0. The van der Waals surface area contributed by atoms with Gasteiger partial charge in [-0.2, -0.15) is 0 Å². The highest BCUT2D eigenvalue weighted by atomic mass is 35.5. The van der Waals surface area contributed by atoms with E-state index in [-0.39, 0.29) is 27.0 Å². The van der Waals surface area contributed by atoms with Gasteiger partial charge in [-0.05, 0) is 41.6 Å². The molecule has 0 amide bonds. The predicted octanol–water partition coefficient (Wildman–Crippen LogP) is 5.95. The lowest BCUT2D eigenvalue weighted by molar-refractivity contribution is -0.225. The van der Waals surface area contributed by atoms with Crippen molar-refractivity contribution in [2.45, 2.75) is 87.1 Å². The Morgan fingerprint density at radius 2 is 1.57 bits per heavy atom. The van der Waals surface area contributed by atoms with Crippen molar-refractivity contribution in [2.24, 2.45) is 34.5 Å². The molecule has 3 saturated carbocycles. The molecule has 1 aliphatic heterocycles. The molecular weight excluding hydrogens is 562 g/mol. The lowest BCUT2D eigenvalue weighted by Crippen LogP contribution is -2.58. The molecule has 0 aromatic rings. The number of ether oxygens (including phenoxy) is 5. The van der Waals surface area contributed by atoms with E-state index in [0.29, 0.717) is 11.8 Å². The molecule has 6 nitrogen and oxygen atoms in total. The fraction of sp³-hybridized carbons (Fsp3) is 0.815. The topological polar surface area (TPSA) is 63.2 Å². The lowest BCUT2D eigenvalue weighted by atomic mass is 9.70. The van der Waals surface area contributed by atoms with E-state index in [4.69, 9.17) is 70.1 Å². The highest BCUT2D eigenvalue weighted by Crippen LogP contribution is 2.76. The van der Waals surface area contributed by atoms with E-state index in [9.17, 15) is 4.79 Å². The summed E-state index contributed by atoms with van der Waals surface area (Å²) >= 11 is 28.3. The van der Waals surface area contributed by atoms with Crippen LogP contribution in [0.2, 0.25) is 0 Å². The molecule has 5 aliphatic carbocycles. The van der Waals surface area contributed by atoms with Gasteiger partial charge in [0.25, 0.3) is 0 Å². The maximum Gasteiger partial charge on any atom is 0.303 e. The van der Waals surface area contributed by atoms with Crippen molar-refractivity contribution < 1.29 is 28.5 Å². The molecule has 11 atom stereocenters. The number of carbonyl (C=O) groups is 1. The minimum Gasteiger partial charge on any atom is -0.458 e. The highest BCUT2D eigenvalue weighted by molar-refractivity contribution is 6.52. The van der Waals surface area contributed by atoms with Crippen LogP contribution in [-0.2, 0) is 28.5 Å². The number of carbonyl (C=O) groups excluding carboxylic acids is 1. The molecule has 0 aromatic carbocycles. The number of fused-ring (bicyclic) bond motifs is 10. The van der Waals surface area contributed by atoms with E-state index < -0.39 is 51.8 Å². The first-order valence-corrected chi connectivity index (χ1v) is 14.5. The minimum absolute atomic E-state index is 0.118. The fourth-order valence-electron chi connectivity index (χ4n) is 9.28. The van der Waals surface area contributed by atoms with Crippen molar-refractivity contribution in [3.05, 3.63) is 22.2 Å². The van der Waals surface area contributed by atoms with E-state index in [0.717, 1.165) is 6.42 Å². The number of rotatable bonds is 5. The Labute approximate surface area is 238 Å². The Morgan fingerprint density at radius 1 is 1.00 bits per heavy atom. The Balaban J connectivity index is 1.37. The van der Waals surface area contributed by atoms with E-state index in [1.54, 1.807) is 6.08 Å². The second-order valence-corrected chi connectivity index (χ2v) is 14.3. The van der Waals surface area contributed by atoms with Crippen molar-refractivity contribution >= 4 is 52.4 Å². The van der Waals surface area contributed by atoms with Crippen LogP contribution in [0.5, 0.6) is 0 Å². The standard InChI is InChI=1S/C27H34Cl4O6/c1-12(32)35-15-7-8-16(36-17-11-13-14-9-10-24(4,22(13)37-17)23(14,2)3)19-18(15)25(30)20(28)21(29)26(19,31)27(25,33-5)34-6/h7-8,13-19,22H,9-11H2,1-6H3/t13-,14+,15+,16-,17-,18+,19-,22-,24-,25+,26-/m0/s1. The first-order chi connectivity index (χ1) is 17.3. The zero-order valence-corrected chi connectivity index (χ0v) is 24.9. The molecule has 0 aromatic heterocycles. The predicted molar refractivity (Wildman–Crippen MR) is 141 cm³/mol. The van der Waals surface area contributed by atoms with Gasteiger partial charge in [-0.1, -0.05) is 50.0 Å². The van der Waals surface area contributed by atoms with Crippen molar-refractivity contribution in [3.8, 4) is 0 Å². The number of hydrogen-bond donors (Lipinski definition) is 0. The number of methoxy groups -OCH3 is 2. The van der Waals surface area contributed by atoms with E-state index >= 15 is 0 Å². The maximum absolute atomic E-state index is 12.0. The van der Waals surface area contributed by atoms with Crippen LogP contribution in [-0.4, -0.2) is 60.3 Å². The number of alkyl halides is 2. The van der Waals surface area contributed by atoms with Crippen LogP contribution in [0, 0.1) is 34.5 Å². The molecule has 4 fully saturated rings. The van der Waals surface area contributed by atoms with Crippen molar-refractivity contribution in [3.63, 3.8) is 0 Å². The molecule has 206 valence electrons. The van der Waals surface area contributed by atoms with Gasteiger partial charge in [-0.15, -0.1) is 23.2 Å². The third-order valence-electron chi connectivity index (χ3n) is 11.1. The molecule has 6 aliphatic rings.